The highest BCUT2D eigenvalue weighted by atomic mass is 16.3. The molecule has 232 valence electrons. The number of para-hydroxylation sites is 1. The lowest BCUT2D eigenvalue weighted by atomic mass is 9.85. The van der Waals surface area contributed by atoms with Crippen molar-refractivity contribution in [3.8, 4) is 33.4 Å². The molecule has 0 bridgehead atoms. The van der Waals surface area contributed by atoms with Gasteiger partial charge in [-0.15, -0.1) is 0 Å². The van der Waals surface area contributed by atoms with Crippen molar-refractivity contribution < 1.29 is 8.83 Å². The van der Waals surface area contributed by atoms with E-state index in [1.54, 1.807) is 0 Å². The maximum absolute atomic E-state index is 6.46. The van der Waals surface area contributed by atoms with E-state index in [-0.39, 0.29) is 0 Å². The maximum atomic E-state index is 6.46. The van der Waals surface area contributed by atoms with Gasteiger partial charge in [0.1, 0.15) is 22.3 Å². The molecule has 2 nitrogen and oxygen atoms in total. The summed E-state index contributed by atoms with van der Waals surface area (Å²) in [5.41, 5.74) is 10.8. The summed E-state index contributed by atoms with van der Waals surface area (Å²) in [5, 5.41) is 11.8. The van der Waals surface area contributed by atoms with Crippen molar-refractivity contribution in [1.82, 2.24) is 0 Å². The summed E-state index contributed by atoms with van der Waals surface area (Å²) in [4.78, 5) is 0. The molecule has 0 saturated heterocycles. The van der Waals surface area contributed by atoms with E-state index in [9.17, 15) is 0 Å². The molecule has 9 aromatic carbocycles. The Labute approximate surface area is 287 Å². The highest BCUT2D eigenvalue weighted by Crippen LogP contribution is 2.44. The fraction of sp³-hybridized carbons (Fsp3) is 0. The molecule has 0 amide bonds. The molecule has 0 atom stereocenters. The Kier molecular flexibility index (Phi) is 5.70. The van der Waals surface area contributed by atoms with Crippen LogP contribution in [-0.4, -0.2) is 0 Å². The van der Waals surface area contributed by atoms with Gasteiger partial charge < -0.3 is 8.83 Å². The van der Waals surface area contributed by atoms with Gasteiger partial charge in [-0.3, -0.25) is 0 Å². The molecule has 0 aliphatic rings. The van der Waals surface area contributed by atoms with Gasteiger partial charge in [0.2, 0.25) is 0 Å². The summed E-state index contributed by atoms with van der Waals surface area (Å²) in [6.07, 6.45) is 0. The zero-order valence-corrected chi connectivity index (χ0v) is 27.0. The van der Waals surface area contributed by atoms with E-state index in [1.165, 1.54) is 54.6 Å². The summed E-state index contributed by atoms with van der Waals surface area (Å²) in [6.45, 7) is 0. The third-order valence-electron chi connectivity index (χ3n) is 10.4. The molecule has 2 heteroatoms. The van der Waals surface area contributed by atoms with Crippen molar-refractivity contribution in [1.29, 1.82) is 0 Å². The normalized spacial score (nSPS) is 12.0. The molecular formula is C48H28O2. The second-order valence-corrected chi connectivity index (χ2v) is 13.2. The lowest BCUT2D eigenvalue weighted by molar-refractivity contribution is 0.664. The highest BCUT2D eigenvalue weighted by molar-refractivity contribution is 6.22. The number of furan rings is 2. The summed E-state index contributed by atoms with van der Waals surface area (Å²) in [5.74, 6) is 0. The lowest BCUT2D eigenvalue weighted by Gasteiger charge is -2.18. The largest absolute Gasteiger partial charge is 0.456 e. The van der Waals surface area contributed by atoms with E-state index in [2.05, 4.69) is 152 Å². The lowest BCUT2D eigenvalue weighted by Crippen LogP contribution is -1.90. The average Bonchev–Trinajstić information content (AvgIpc) is 3.72. The van der Waals surface area contributed by atoms with Crippen LogP contribution in [0.5, 0.6) is 0 Å². The minimum Gasteiger partial charge on any atom is -0.456 e. The molecule has 2 heterocycles. The molecule has 0 aliphatic carbocycles. The molecule has 0 fully saturated rings. The molecule has 0 unspecified atom stereocenters. The van der Waals surface area contributed by atoms with Crippen molar-refractivity contribution in [2.75, 3.05) is 0 Å². The molecule has 0 spiro atoms. The first-order chi connectivity index (χ1) is 24.8. The van der Waals surface area contributed by atoms with Crippen LogP contribution < -0.4 is 0 Å². The van der Waals surface area contributed by atoms with Gasteiger partial charge in [-0.1, -0.05) is 127 Å². The van der Waals surface area contributed by atoms with Gasteiger partial charge in [0.05, 0.1) is 0 Å². The third-order valence-corrected chi connectivity index (χ3v) is 10.4. The first-order valence-corrected chi connectivity index (χ1v) is 17.1. The van der Waals surface area contributed by atoms with E-state index >= 15 is 0 Å². The van der Waals surface area contributed by atoms with Crippen molar-refractivity contribution in [2.45, 2.75) is 0 Å². The number of benzene rings is 9. The number of rotatable bonds is 3. The second-order valence-electron chi connectivity index (χ2n) is 13.2. The standard InChI is InChI=1S/C48H28O2/c1-2-10-29(11-3-1)47-37-13-4-6-15-39(37)48(40-16-7-5-14-38(40)47)34-21-20-30-24-31(18-19-32(30)25-34)33-22-23-36-42-28-45-41(27-46(42)50-44(36)26-33)35-12-8-9-17-43(35)49-45/h1-28H. The zero-order valence-electron chi connectivity index (χ0n) is 27.0. The smallest absolute Gasteiger partial charge is 0.136 e. The Bertz CT molecular complexity index is 3080. The molecular weight excluding hydrogens is 609 g/mol. The Morgan fingerprint density at radius 1 is 0.240 bits per heavy atom. The molecule has 0 radical (unpaired) electrons. The molecule has 2 aromatic heterocycles. The number of hydrogen-bond acceptors (Lipinski definition) is 2. The van der Waals surface area contributed by atoms with E-state index in [1.807, 2.05) is 18.2 Å². The van der Waals surface area contributed by atoms with Gasteiger partial charge in [-0.05, 0) is 108 Å². The van der Waals surface area contributed by atoms with Gasteiger partial charge in [0.25, 0.3) is 0 Å². The van der Waals surface area contributed by atoms with Crippen LogP contribution in [0.3, 0.4) is 0 Å². The van der Waals surface area contributed by atoms with Gasteiger partial charge >= 0.3 is 0 Å². The second kappa shape index (κ2) is 10.4. The average molecular weight is 637 g/mol. The van der Waals surface area contributed by atoms with Crippen LogP contribution in [-0.2, 0) is 0 Å². The Balaban J connectivity index is 1.03. The SMILES string of the molecule is c1ccc(-c2c3ccccc3c(-c3ccc4cc(-c5ccc6c(c5)oc5cc7c(cc56)oc5ccccc57)ccc4c3)c3ccccc23)cc1. The summed E-state index contributed by atoms with van der Waals surface area (Å²) in [7, 11) is 0. The quantitative estimate of drug-likeness (QED) is 0.180. The fourth-order valence-corrected chi connectivity index (χ4v) is 8.11. The fourth-order valence-electron chi connectivity index (χ4n) is 8.11. The van der Waals surface area contributed by atoms with Crippen LogP contribution in [0.1, 0.15) is 0 Å². The first-order valence-electron chi connectivity index (χ1n) is 17.1. The summed E-state index contributed by atoms with van der Waals surface area (Å²) < 4.78 is 12.6. The van der Waals surface area contributed by atoms with E-state index in [0.29, 0.717) is 0 Å². The molecule has 0 N–H and O–H groups in total. The van der Waals surface area contributed by atoms with Gasteiger partial charge in [0.15, 0.2) is 0 Å². The number of fused-ring (bicyclic) bond motifs is 9. The van der Waals surface area contributed by atoms with E-state index in [0.717, 1.165) is 55.0 Å². The minimum absolute atomic E-state index is 0.874. The van der Waals surface area contributed by atoms with Gasteiger partial charge in [-0.2, -0.15) is 0 Å². The van der Waals surface area contributed by atoms with Crippen LogP contribution in [0, 0.1) is 0 Å². The van der Waals surface area contributed by atoms with Crippen LogP contribution in [0.15, 0.2) is 179 Å². The highest BCUT2D eigenvalue weighted by Gasteiger charge is 2.17. The van der Waals surface area contributed by atoms with Gasteiger partial charge in [0, 0.05) is 21.5 Å². The molecule has 11 rings (SSSR count). The summed E-state index contributed by atoms with van der Waals surface area (Å²) >= 11 is 0. The first kappa shape index (κ1) is 27.3. The van der Waals surface area contributed by atoms with Gasteiger partial charge in [-0.25, -0.2) is 0 Å². The minimum atomic E-state index is 0.874. The molecule has 50 heavy (non-hydrogen) atoms. The Hall–Kier alpha value is -6.64. The van der Waals surface area contributed by atoms with Crippen LogP contribution in [0.2, 0.25) is 0 Å². The molecule has 0 saturated carbocycles. The maximum Gasteiger partial charge on any atom is 0.136 e. The van der Waals surface area contributed by atoms with Crippen molar-refractivity contribution >= 4 is 76.2 Å². The topological polar surface area (TPSA) is 26.3 Å². The van der Waals surface area contributed by atoms with Crippen molar-refractivity contribution in [3.63, 3.8) is 0 Å². The van der Waals surface area contributed by atoms with Crippen LogP contribution in [0.25, 0.3) is 110 Å². The Morgan fingerprint density at radius 3 is 1.34 bits per heavy atom. The van der Waals surface area contributed by atoms with Crippen molar-refractivity contribution in [2.24, 2.45) is 0 Å². The third kappa shape index (κ3) is 4.03. The Morgan fingerprint density at radius 2 is 0.680 bits per heavy atom. The zero-order chi connectivity index (χ0) is 32.8. The predicted molar refractivity (Wildman–Crippen MR) is 210 cm³/mol. The van der Waals surface area contributed by atoms with E-state index in [4.69, 9.17) is 8.83 Å². The summed E-state index contributed by atoms with van der Waals surface area (Å²) in [6, 6.07) is 61.0. The van der Waals surface area contributed by atoms with Crippen LogP contribution in [0.4, 0.5) is 0 Å². The monoisotopic (exact) mass is 636 g/mol. The van der Waals surface area contributed by atoms with E-state index < -0.39 is 0 Å². The predicted octanol–water partition coefficient (Wildman–Crippen LogP) is 13.9. The van der Waals surface area contributed by atoms with Crippen LogP contribution >= 0.6 is 0 Å². The number of hydrogen-bond donors (Lipinski definition) is 0. The van der Waals surface area contributed by atoms with Crippen molar-refractivity contribution in [3.05, 3.63) is 170 Å². The molecule has 0 aliphatic heterocycles. The molecule has 11 aromatic rings.